The number of nitrogens with zero attached hydrogens (tertiary/aromatic N) is 3. The Morgan fingerprint density at radius 1 is 0.826 bits per heavy atom. The Morgan fingerprint density at radius 2 is 1.37 bits per heavy atom. The van der Waals surface area contributed by atoms with E-state index < -0.39 is 23.4 Å². The number of imidazole rings is 1. The molecule has 46 heavy (non-hydrogen) atoms. The highest BCUT2D eigenvalue weighted by Gasteiger charge is 2.38. The first kappa shape index (κ1) is 30.3. The lowest BCUT2D eigenvalue weighted by Crippen LogP contribution is -2.48. The molecule has 2 N–H and O–H groups in total. The normalized spacial score (nSPS) is 12.0. The first-order valence-corrected chi connectivity index (χ1v) is 15.0. The minimum absolute atomic E-state index is 0.0679. The number of likely N-dealkylation sites (N-methyl/N-ethyl adjacent to an activating group) is 1. The third-order valence-electron chi connectivity index (χ3n) is 8.34. The Hall–Kier alpha value is -5.73. The van der Waals surface area contributed by atoms with Gasteiger partial charge in [0.25, 0.3) is 11.8 Å². The smallest absolute Gasteiger partial charge is 0.268 e. The molecule has 0 saturated heterocycles. The number of hydroxylamine groups is 2. The predicted molar refractivity (Wildman–Crippen MR) is 177 cm³/mol. The molecule has 0 aliphatic carbocycles. The summed E-state index contributed by atoms with van der Waals surface area (Å²) in [7, 11) is 2.87. The van der Waals surface area contributed by atoms with E-state index in [0.29, 0.717) is 11.1 Å². The first-order valence-electron chi connectivity index (χ1n) is 15.0. The van der Waals surface area contributed by atoms with E-state index in [-0.39, 0.29) is 17.7 Å². The number of carbonyl (C=O) groups is 2. The number of hydrogen-bond acceptors (Lipinski definition) is 5. The van der Waals surface area contributed by atoms with Crippen LogP contribution in [0.5, 0.6) is 5.75 Å². The second-order valence-corrected chi connectivity index (χ2v) is 11.0. The lowest BCUT2D eigenvalue weighted by atomic mass is 9.77. The molecule has 230 valence electrons. The topological polar surface area (TPSA) is 96.7 Å². The molecule has 8 nitrogen and oxygen atoms in total. The lowest BCUT2D eigenvalue weighted by molar-refractivity contribution is -0.170. The monoisotopic (exact) mass is 610 g/mol. The molecule has 8 heteroatoms. The number of nitrogens with one attached hydrogen (secondary N) is 1. The van der Waals surface area contributed by atoms with E-state index in [2.05, 4.69) is 46.3 Å². The number of rotatable bonds is 10. The van der Waals surface area contributed by atoms with Crippen LogP contribution in [0.15, 0.2) is 140 Å². The Kier molecular flexibility index (Phi) is 8.63. The molecule has 0 aliphatic rings. The van der Waals surface area contributed by atoms with Gasteiger partial charge in [-0.05, 0) is 28.1 Å². The van der Waals surface area contributed by atoms with Gasteiger partial charge in [0.05, 0.1) is 24.7 Å². The average molecular weight is 611 g/mol. The van der Waals surface area contributed by atoms with E-state index in [0.717, 1.165) is 27.1 Å². The van der Waals surface area contributed by atoms with E-state index in [9.17, 15) is 14.7 Å². The third kappa shape index (κ3) is 5.62. The number of amides is 2. The summed E-state index contributed by atoms with van der Waals surface area (Å²) in [5.41, 5.74) is 2.96. The molecule has 1 atom stereocenters. The summed E-state index contributed by atoms with van der Waals surface area (Å²) < 4.78 is 2.06. The molecule has 0 fully saturated rings. The molecule has 6 rings (SSSR count). The molecule has 1 heterocycles. The Morgan fingerprint density at radius 3 is 1.93 bits per heavy atom. The maximum absolute atomic E-state index is 13.5. The molecule has 0 spiro atoms. The number of phenols is 1. The van der Waals surface area contributed by atoms with Crippen molar-refractivity contribution in [3.8, 4) is 5.75 Å². The summed E-state index contributed by atoms with van der Waals surface area (Å²) in [5.74, 6) is -1.20. The summed E-state index contributed by atoms with van der Waals surface area (Å²) in [5, 5.41) is 16.2. The van der Waals surface area contributed by atoms with Gasteiger partial charge in [-0.1, -0.05) is 121 Å². The van der Waals surface area contributed by atoms with Gasteiger partial charge in [-0.3, -0.25) is 14.4 Å². The number of aromatic hydroxyl groups is 1. The summed E-state index contributed by atoms with van der Waals surface area (Å²) >= 11 is 0. The molecule has 0 saturated carbocycles. The van der Waals surface area contributed by atoms with E-state index in [1.54, 1.807) is 30.6 Å². The molecule has 0 bridgehead atoms. The molecular weight excluding hydrogens is 576 g/mol. The third-order valence-corrected chi connectivity index (χ3v) is 8.34. The van der Waals surface area contributed by atoms with Crippen molar-refractivity contribution in [2.45, 2.75) is 18.0 Å². The Labute approximate surface area is 267 Å². The fraction of sp³-hybridized carbons (Fsp3) is 0.132. The highest BCUT2D eigenvalue weighted by molar-refractivity contribution is 6.04. The molecule has 2 amide bonds. The largest absolute Gasteiger partial charge is 0.506 e. The van der Waals surface area contributed by atoms with Crippen molar-refractivity contribution in [3.63, 3.8) is 0 Å². The summed E-state index contributed by atoms with van der Waals surface area (Å²) in [6.45, 7) is 0. The number of benzene rings is 5. The number of fused-ring (bicyclic) bond motifs is 1. The number of aromatic nitrogens is 2. The van der Waals surface area contributed by atoms with Crippen LogP contribution in [-0.4, -0.2) is 51.7 Å². The number of hydrogen-bond donors (Lipinski definition) is 2. The van der Waals surface area contributed by atoms with Crippen molar-refractivity contribution < 1.29 is 19.5 Å². The van der Waals surface area contributed by atoms with Gasteiger partial charge in [0.2, 0.25) is 0 Å². The standard InChI is InChI=1S/C38H34N4O4/c1-41(46-2)37(45)34(40-36(44)33-23-22-27-14-12-13-21-32(27)35(33)43)24-31-25-42(26-39-31)38(28-15-6-3-7-16-28,29-17-8-4-9-18-29)30-19-10-5-11-20-30/h3-23,25-26,34,43H,24H2,1-2H3,(H,40,44)/t34-/m0/s1. The second-order valence-electron chi connectivity index (χ2n) is 11.0. The quantitative estimate of drug-likeness (QED) is 0.148. The van der Waals surface area contributed by atoms with Crippen LogP contribution in [0, 0.1) is 0 Å². The van der Waals surface area contributed by atoms with Crippen molar-refractivity contribution in [3.05, 3.63) is 168 Å². The van der Waals surface area contributed by atoms with Crippen molar-refractivity contribution in [2.75, 3.05) is 14.2 Å². The highest BCUT2D eigenvalue weighted by Crippen LogP contribution is 2.41. The molecule has 6 aromatic rings. The summed E-state index contributed by atoms with van der Waals surface area (Å²) in [6.07, 6.45) is 3.76. The Bertz CT molecular complexity index is 1860. The first-order chi connectivity index (χ1) is 22.4. The highest BCUT2D eigenvalue weighted by atomic mass is 16.7. The van der Waals surface area contributed by atoms with Gasteiger partial charge in [0, 0.05) is 25.1 Å². The molecule has 0 aliphatic heterocycles. The van der Waals surface area contributed by atoms with E-state index in [1.807, 2.05) is 72.9 Å². The number of carbonyl (C=O) groups excluding carboxylic acids is 2. The van der Waals surface area contributed by atoms with Gasteiger partial charge < -0.3 is 15.0 Å². The maximum atomic E-state index is 13.5. The maximum Gasteiger partial charge on any atom is 0.268 e. The van der Waals surface area contributed by atoms with Crippen molar-refractivity contribution in [1.82, 2.24) is 19.9 Å². The zero-order valence-electron chi connectivity index (χ0n) is 25.6. The van der Waals surface area contributed by atoms with Gasteiger partial charge >= 0.3 is 0 Å². The minimum atomic E-state index is -1.04. The van der Waals surface area contributed by atoms with Crippen LogP contribution in [0.1, 0.15) is 32.7 Å². The van der Waals surface area contributed by atoms with E-state index in [4.69, 9.17) is 9.82 Å². The molecule has 5 aromatic carbocycles. The van der Waals surface area contributed by atoms with Crippen molar-refractivity contribution >= 4 is 22.6 Å². The van der Waals surface area contributed by atoms with Crippen LogP contribution in [0.25, 0.3) is 10.8 Å². The zero-order valence-corrected chi connectivity index (χ0v) is 25.6. The van der Waals surface area contributed by atoms with Crippen LogP contribution in [0.2, 0.25) is 0 Å². The van der Waals surface area contributed by atoms with Gasteiger partial charge in [0.15, 0.2) is 0 Å². The fourth-order valence-corrected chi connectivity index (χ4v) is 6.03. The molecule has 0 unspecified atom stereocenters. The molecule has 1 aromatic heterocycles. The SMILES string of the molecule is CON(C)C(=O)[C@H](Cc1cn(C(c2ccccc2)(c2ccccc2)c2ccccc2)cn1)NC(=O)c1ccc2ccccc2c1O. The fourth-order valence-electron chi connectivity index (χ4n) is 6.03. The van der Waals surface area contributed by atoms with Crippen LogP contribution in [0.4, 0.5) is 0 Å². The molecule has 0 radical (unpaired) electrons. The van der Waals surface area contributed by atoms with Gasteiger partial charge in [0.1, 0.15) is 17.3 Å². The minimum Gasteiger partial charge on any atom is -0.506 e. The zero-order chi connectivity index (χ0) is 32.1. The van der Waals surface area contributed by atoms with Crippen LogP contribution in [0.3, 0.4) is 0 Å². The van der Waals surface area contributed by atoms with E-state index in [1.165, 1.54) is 14.2 Å². The lowest BCUT2D eigenvalue weighted by Gasteiger charge is -2.37. The van der Waals surface area contributed by atoms with Gasteiger partial charge in [-0.15, -0.1) is 0 Å². The van der Waals surface area contributed by atoms with Gasteiger partial charge in [-0.2, -0.15) is 0 Å². The van der Waals surface area contributed by atoms with Crippen LogP contribution < -0.4 is 5.32 Å². The van der Waals surface area contributed by atoms with Crippen molar-refractivity contribution in [1.29, 1.82) is 0 Å². The second kappa shape index (κ2) is 13.1. The average Bonchev–Trinajstić information content (AvgIpc) is 3.58. The predicted octanol–water partition coefficient (Wildman–Crippen LogP) is 5.94. The van der Waals surface area contributed by atoms with E-state index >= 15 is 0 Å². The van der Waals surface area contributed by atoms with Crippen molar-refractivity contribution in [2.24, 2.45) is 0 Å². The Balaban J connectivity index is 1.40. The summed E-state index contributed by atoms with van der Waals surface area (Å²) in [4.78, 5) is 37.0. The van der Waals surface area contributed by atoms with Crippen LogP contribution in [-0.2, 0) is 21.6 Å². The molecular formula is C38H34N4O4. The van der Waals surface area contributed by atoms with Gasteiger partial charge in [-0.25, -0.2) is 10.0 Å². The van der Waals surface area contributed by atoms with Crippen LogP contribution >= 0.6 is 0 Å². The summed E-state index contributed by atoms with van der Waals surface area (Å²) in [6, 6.07) is 40.1. The number of phenolic OH excluding ortho intramolecular Hbond substituents is 1.